The molecule has 0 saturated heterocycles. The van der Waals surface area contributed by atoms with E-state index in [4.69, 9.17) is 21.1 Å². The number of amides is 1. The van der Waals surface area contributed by atoms with Crippen molar-refractivity contribution in [2.75, 3.05) is 24.8 Å². The summed E-state index contributed by atoms with van der Waals surface area (Å²) in [5, 5.41) is 12.7. The molecule has 0 fully saturated rings. The highest BCUT2D eigenvalue weighted by molar-refractivity contribution is 7.99. The summed E-state index contributed by atoms with van der Waals surface area (Å²) < 4.78 is 12.7. The molecule has 0 radical (unpaired) electrons. The highest BCUT2D eigenvalue weighted by Gasteiger charge is 2.18. The summed E-state index contributed by atoms with van der Waals surface area (Å²) in [6.07, 6.45) is 0. The maximum Gasteiger partial charge on any atom is 0.234 e. The van der Waals surface area contributed by atoms with Gasteiger partial charge in [0.2, 0.25) is 5.91 Å². The maximum atomic E-state index is 12.7. The van der Waals surface area contributed by atoms with E-state index < -0.39 is 0 Å². The molecule has 0 bridgehead atoms. The Morgan fingerprint density at radius 1 is 1.09 bits per heavy atom. The summed E-state index contributed by atoms with van der Waals surface area (Å²) in [6, 6.07) is 20.9. The van der Waals surface area contributed by atoms with Crippen molar-refractivity contribution in [2.45, 2.75) is 19.0 Å². The minimum Gasteiger partial charge on any atom is -0.495 e. The van der Waals surface area contributed by atoms with E-state index in [1.165, 1.54) is 11.8 Å². The number of nitrogens with one attached hydrogen (secondary N) is 1. The number of aromatic nitrogens is 3. The van der Waals surface area contributed by atoms with E-state index in [0.717, 1.165) is 22.6 Å². The third-order valence-electron chi connectivity index (χ3n) is 5.08. The number of nitrogens with zero attached hydrogens (tertiary/aromatic N) is 3. The van der Waals surface area contributed by atoms with Gasteiger partial charge < -0.3 is 14.8 Å². The molecule has 0 spiro atoms. The molecule has 1 heterocycles. The van der Waals surface area contributed by atoms with Crippen LogP contribution in [0.15, 0.2) is 71.9 Å². The van der Waals surface area contributed by atoms with E-state index in [1.807, 2.05) is 60.9 Å². The molecule has 7 nitrogen and oxygen atoms in total. The van der Waals surface area contributed by atoms with Crippen LogP contribution >= 0.6 is 23.4 Å². The predicted octanol–water partition coefficient (Wildman–Crippen LogP) is 6.03. The first-order valence-electron chi connectivity index (χ1n) is 11.0. The lowest BCUT2D eigenvalue weighted by atomic mass is 10.1. The van der Waals surface area contributed by atoms with Gasteiger partial charge in [0.25, 0.3) is 0 Å². The zero-order valence-electron chi connectivity index (χ0n) is 19.6. The van der Waals surface area contributed by atoms with Crippen molar-refractivity contribution in [1.82, 2.24) is 14.8 Å². The molecule has 4 rings (SSSR count). The second-order valence-corrected chi connectivity index (χ2v) is 8.97. The van der Waals surface area contributed by atoms with Crippen LogP contribution in [0.5, 0.6) is 11.5 Å². The summed E-state index contributed by atoms with van der Waals surface area (Å²) in [7, 11) is 1.54. The number of hydrogen-bond acceptors (Lipinski definition) is 6. The van der Waals surface area contributed by atoms with Gasteiger partial charge in [-0.05, 0) is 62.4 Å². The van der Waals surface area contributed by atoms with Crippen molar-refractivity contribution in [2.24, 2.45) is 0 Å². The molecule has 0 aliphatic rings. The number of thioether (sulfide) groups is 1. The first kappa shape index (κ1) is 24.6. The Bertz CT molecular complexity index is 1320. The number of ether oxygens (including phenoxy) is 2. The fourth-order valence-corrected chi connectivity index (χ4v) is 4.51. The zero-order chi connectivity index (χ0) is 24.8. The van der Waals surface area contributed by atoms with Crippen LogP contribution in [-0.2, 0) is 4.79 Å². The average Bonchev–Trinajstić information content (AvgIpc) is 3.28. The lowest BCUT2D eigenvalue weighted by Crippen LogP contribution is -2.14. The summed E-state index contributed by atoms with van der Waals surface area (Å²) in [6.45, 7) is 4.58. The van der Waals surface area contributed by atoms with Crippen molar-refractivity contribution < 1.29 is 14.3 Å². The van der Waals surface area contributed by atoms with Gasteiger partial charge in [0.15, 0.2) is 11.0 Å². The first-order valence-corrected chi connectivity index (χ1v) is 12.4. The number of benzene rings is 3. The quantitative estimate of drug-likeness (QED) is 0.278. The van der Waals surface area contributed by atoms with Gasteiger partial charge in [0.1, 0.15) is 11.5 Å². The average molecular weight is 509 g/mol. The molecule has 35 heavy (non-hydrogen) atoms. The maximum absolute atomic E-state index is 12.7. The van der Waals surface area contributed by atoms with Crippen molar-refractivity contribution >= 4 is 35.0 Å². The van der Waals surface area contributed by atoms with Crippen LogP contribution in [-0.4, -0.2) is 40.1 Å². The van der Waals surface area contributed by atoms with Crippen LogP contribution in [0.25, 0.3) is 17.1 Å². The number of aryl methyl sites for hydroxylation is 1. The minimum atomic E-state index is -0.186. The Hall–Kier alpha value is -3.49. The van der Waals surface area contributed by atoms with Crippen molar-refractivity contribution in [3.63, 3.8) is 0 Å². The fraction of sp³-hybridized carbons (Fsp3) is 0.192. The first-order chi connectivity index (χ1) is 17.0. The zero-order valence-corrected chi connectivity index (χ0v) is 21.2. The van der Waals surface area contributed by atoms with E-state index in [2.05, 4.69) is 21.6 Å². The minimum absolute atomic E-state index is 0.145. The smallest absolute Gasteiger partial charge is 0.234 e. The van der Waals surface area contributed by atoms with Gasteiger partial charge in [-0.25, -0.2) is 0 Å². The molecule has 1 N–H and O–H groups in total. The molecule has 3 aromatic carbocycles. The summed E-state index contributed by atoms with van der Waals surface area (Å²) in [5.74, 6) is 1.99. The van der Waals surface area contributed by atoms with Gasteiger partial charge >= 0.3 is 0 Å². The van der Waals surface area contributed by atoms with Crippen molar-refractivity contribution in [3.8, 4) is 28.6 Å². The standard InChI is InChI=1S/C26H25ClN4O3S/c1-4-34-21-11-9-20(10-12-21)31-25(18-7-5-6-17(2)14-18)29-30-26(31)35-16-24(32)28-19-8-13-23(33-3)22(27)15-19/h5-15H,4,16H2,1-3H3,(H,28,32). The molecule has 0 aliphatic heterocycles. The van der Waals surface area contributed by atoms with Gasteiger partial charge in [-0.2, -0.15) is 0 Å². The van der Waals surface area contributed by atoms with Gasteiger partial charge in [-0.3, -0.25) is 9.36 Å². The number of anilines is 1. The van der Waals surface area contributed by atoms with Crippen molar-refractivity contribution in [3.05, 3.63) is 77.3 Å². The Morgan fingerprint density at radius 2 is 1.89 bits per heavy atom. The van der Waals surface area contributed by atoms with E-state index in [-0.39, 0.29) is 11.7 Å². The normalized spacial score (nSPS) is 10.7. The number of carbonyl (C=O) groups excluding carboxylic acids is 1. The van der Waals surface area contributed by atoms with Gasteiger partial charge in [0.05, 0.1) is 24.5 Å². The molecule has 0 atom stereocenters. The topological polar surface area (TPSA) is 78.3 Å². The summed E-state index contributed by atoms with van der Waals surface area (Å²) in [5.41, 5.74) is 3.53. The highest BCUT2D eigenvalue weighted by Crippen LogP contribution is 2.30. The van der Waals surface area contributed by atoms with Gasteiger partial charge in [-0.1, -0.05) is 47.1 Å². The van der Waals surface area contributed by atoms with E-state index in [9.17, 15) is 4.79 Å². The lowest BCUT2D eigenvalue weighted by molar-refractivity contribution is -0.113. The highest BCUT2D eigenvalue weighted by atomic mass is 35.5. The third-order valence-corrected chi connectivity index (χ3v) is 6.31. The van der Waals surface area contributed by atoms with Crippen LogP contribution in [0.2, 0.25) is 5.02 Å². The Kier molecular flexibility index (Phi) is 7.94. The van der Waals surface area contributed by atoms with Crippen LogP contribution in [0, 0.1) is 6.92 Å². The summed E-state index contributed by atoms with van der Waals surface area (Å²) >= 11 is 7.47. The lowest BCUT2D eigenvalue weighted by Gasteiger charge is -2.12. The van der Waals surface area contributed by atoms with Crippen LogP contribution in [0.4, 0.5) is 5.69 Å². The molecule has 0 saturated carbocycles. The Labute approximate surface area is 213 Å². The number of hydrogen-bond donors (Lipinski definition) is 1. The SMILES string of the molecule is CCOc1ccc(-n2c(SCC(=O)Nc3ccc(OC)c(Cl)c3)nnc2-c2cccc(C)c2)cc1. The molecule has 4 aromatic rings. The number of carbonyl (C=O) groups is 1. The van der Waals surface area contributed by atoms with Gasteiger partial charge in [0, 0.05) is 16.9 Å². The van der Waals surface area contributed by atoms with Crippen LogP contribution < -0.4 is 14.8 Å². The Balaban J connectivity index is 1.58. The number of rotatable bonds is 9. The second-order valence-electron chi connectivity index (χ2n) is 7.62. The van der Waals surface area contributed by atoms with Crippen LogP contribution in [0.1, 0.15) is 12.5 Å². The Morgan fingerprint density at radius 3 is 2.57 bits per heavy atom. The van der Waals surface area contributed by atoms with Gasteiger partial charge in [-0.15, -0.1) is 10.2 Å². The third kappa shape index (κ3) is 5.96. The molecule has 9 heteroatoms. The number of halogens is 1. The summed E-state index contributed by atoms with van der Waals surface area (Å²) in [4.78, 5) is 12.7. The second kappa shape index (κ2) is 11.3. The molecule has 0 unspecified atom stereocenters. The molecular formula is C26H25ClN4O3S. The molecule has 180 valence electrons. The molecule has 0 aliphatic carbocycles. The number of methoxy groups -OCH3 is 1. The predicted molar refractivity (Wildman–Crippen MR) is 140 cm³/mol. The van der Waals surface area contributed by atoms with E-state index in [1.54, 1.807) is 25.3 Å². The molecule has 1 aromatic heterocycles. The molecule has 1 amide bonds. The largest absolute Gasteiger partial charge is 0.495 e. The van der Waals surface area contributed by atoms with Crippen LogP contribution in [0.3, 0.4) is 0 Å². The van der Waals surface area contributed by atoms with E-state index >= 15 is 0 Å². The van der Waals surface area contributed by atoms with E-state index in [0.29, 0.717) is 34.0 Å². The monoisotopic (exact) mass is 508 g/mol. The molecular weight excluding hydrogens is 484 g/mol. The van der Waals surface area contributed by atoms with Crippen molar-refractivity contribution in [1.29, 1.82) is 0 Å². The fourth-order valence-electron chi connectivity index (χ4n) is 3.50.